The molecule has 1 aromatic heterocycles. The van der Waals surface area contributed by atoms with Gasteiger partial charge in [0, 0.05) is 33.0 Å². The first-order valence-electron chi connectivity index (χ1n) is 10.2. The second-order valence-electron chi connectivity index (χ2n) is 7.53. The molecule has 1 unspecified atom stereocenters. The largest absolute Gasteiger partial charge is 0.494 e. The summed E-state index contributed by atoms with van der Waals surface area (Å²) in [4.78, 5) is 4.83. The molecule has 0 N–H and O–H groups in total. The molecule has 33 heavy (non-hydrogen) atoms. The molecule has 0 fully saturated rings. The first-order valence-corrected chi connectivity index (χ1v) is 11.8. The summed E-state index contributed by atoms with van der Waals surface area (Å²) in [6.45, 7) is 0. The molecule has 0 amide bonds. The van der Waals surface area contributed by atoms with Crippen LogP contribution in [0.5, 0.6) is 5.75 Å². The number of nitrogens with zero attached hydrogens (tertiary/aromatic N) is 3. The molecule has 4 aromatic rings. The Morgan fingerprint density at radius 3 is 2.30 bits per heavy atom. The Kier molecular flexibility index (Phi) is 6.06. The lowest BCUT2D eigenvalue weighted by molar-refractivity contribution is 0.386. The summed E-state index contributed by atoms with van der Waals surface area (Å²) in [5.74, 6) is -0.213. The van der Waals surface area contributed by atoms with Crippen LogP contribution < -0.4 is 9.75 Å². The fraction of sp³-hybridized carbons (Fsp3) is 0.120. The van der Waals surface area contributed by atoms with Crippen molar-refractivity contribution in [3.63, 3.8) is 0 Å². The van der Waals surface area contributed by atoms with Crippen LogP contribution in [-0.2, 0) is 0 Å². The molecule has 1 aliphatic heterocycles. The fourth-order valence-corrected chi connectivity index (χ4v) is 4.86. The van der Waals surface area contributed by atoms with Crippen molar-refractivity contribution in [2.45, 2.75) is 12.5 Å². The van der Waals surface area contributed by atoms with Crippen molar-refractivity contribution in [1.82, 2.24) is 4.98 Å². The topological polar surface area (TPSA) is 37.7 Å². The van der Waals surface area contributed by atoms with E-state index in [1.807, 2.05) is 65.0 Å². The second-order valence-corrected chi connectivity index (χ2v) is 9.24. The molecule has 3 aromatic carbocycles. The van der Waals surface area contributed by atoms with Crippen LogP contribution in [0, 0.1) is 5.82 Å². The smallest absolute Gasteiger partial charge is 0.207 e. The Labute approximate surface area is 204 Å². The zero-order valence-corrected chi connectivity index (χ0v) is 19.8. The summed E-state index contributed by atoms with van der Waals surface area (Å²) in [7, 11) is 1.45. The molecule has 0 saturated heterocycles. The average Bonchev–Trinajstić information content (AvgIpc) is 3.48. The zero-order chi connectivity index (χ0) is 22.9. The van der Waals surface area contributed by atoms with Crippen LogP contribution in [-0.4, -0.2) is 17.8 Å². The molecule has 1 aliphatic rings. The molecule has 0 radical (unpaired) electrons. The van der Waals surface area contributed by atoms with Crippen molar-refractivity contribution in [2.24, 2.45) is 5.10 Å². The van der Waals surface area contributed by atoms with Crippen molar-refractivity contribution in [2.75, 3.05) is 12.1 Å². The third kappa shape index (κ3) is 4.47. The number of hydrazone groups is 1. The van der Waals surface area contributed by atoms with E-state index in [2.05, 4.69) is 0 Å². The number of halogens is 3. The van der Waals surface area contributed by atoms with E-state index in [9.17, 15) is 4.39 Å². The number of benzene rings is 3. The Morgan fingerprint density at radius 2 is 1.64 bits per heavy atom. The van der Waals surface area contributed by atoms with E-state index in [1.54, 1.807) is 6.07 Å². The number of aromatic nitrogens is 1. The van der Waals surface area contributed by atoms with Gasteiger partial charge >= 0.3 is 0 Å². The summed E-state index contributed by atoms with van der Waals surface area (Å²) in [6, 6.07) is 20.1. The van der Waals surface area contributed by atoms with Crippen molar-refractivity contribution in [3.05, 3.63) is 99.1 Å². The van der Waals surface area contributed by atoms with Gasteiger partial charge in [-0.1, -0.05) is 47.5 Å². The van der Waals surface area contributed by atoms with Crippen LogP contribution >= 0.6 is 34.5 Å². The minimum absolute atomic E-state index is 0.0911. The van der Waals surface area contributed by atoms with Crippen molar-refractivity contribution >= 4 is 45.4 Å². The Hall–Kier alpha value is -2.93. The number of rotatable bonds is 5. The molecule has 5 rings (SSSR count). The quantitative estimate of drug-likeness (QED) is 0.284. The van der Waals surface area contributed by atoms with Gasteiger partial charge in [0.15, 0.2) is 11.6 Å². The molecule has 0 aliphatic carbocycles. The number of hydrogen-bond acceptors (Lipinski definition) is 5. The Balaban J connectivity index is 1.53. The van der Waals surface area contributed by atoms with Gasteiger partial charge in [-0.25, -0.2) is 14.4 Å². The average molecular weight is 498 g/mol. The van der Waals surface area contributed by atoms with Gasteiger partial charge in [0.2, 0.25) is 5.13 Å². The zero-order valence-electron chi connectivity index (χ0n) is 17.5. The summed E-state index contributed by atoms with van der Waals surface area (Å²) in [6.07, 6.45) is 0.600. The molecule has 0 saturated carbocycles. The maximum Gasteiger partial charge on any atom is 0.207 e. The predicted molar refractivity (Wildman–Crippen MR) is 133 cm³/mol. The van der Waals surface area contributed by atoms with E-state index >= 15 is 0 Å². The monoisotopic (exact) mass is 497 g/mol. The van der Waals surface area contributed by atoms with E-state index in [0.29, 0.717) is 22.0 Å². The van der Waals surface area contributed by atoms with Gasteiger partial charge in [-0.15, -0.1) is 11.3 Å². The maximum absolute atomic E-state index is 14.4. The molecule has 8 heteroatoms. The molecule has 166 valence electrons. The number of methoxy groups -OCH3 is 1. The lowest BCUT2D eigenvalue weighted by Crippen LogP contribution is -2.18. The van der Waals surface area contributed by atoms with Gasteiger partial charge < -0.3 is 4.74 Å². The van der Waals surface area contributed by atoms with Crippen molar-refractivity contribution in [1.29, 1.82) is 0 Å². The van der Waals surface area contributed by atoms with Gasteiger partial charge in [0.05, 0.1) is 24.6 Å². The van der Waals surface area contributed by atoms with Crippen molar-refractivity contribution in [3.8, 4) is 17.0 Å². The van der Waals surface area contributed by atoms with Crippen LogP contribution in [0.15, 0.2) is 77.2 Å². The van der Waals surface area contributed by atoms with Crippen LogP contribution in [0.1, 0.15) is 23.6 Å². The SMILES string of the molecule is COc1ccc(C2=NN(c3nc(-c4ccc(Cl)cc4)cs3)C(c3ccc(Cl)cc3)C2)cc1F. The van der Waals surface area contributed by atoms with Gasteiger partial charge in [-0.05, 0) is 48.0 Å². The third-order valence-electron chi connectivity index (χ3n) is 5.48. The minimum Gasteiger partial charge on any atom is -0.494 e. The molecule has 2 heterocycles. The van der Waals surface area contributed by atoms with E-state index in [4.69, 9.17) is 38.0 Å². The number of anilines is 1. The van der Waals surface area contributed by atoms with Gasteiger partial charge in [-0.3, -0.25) is 0 Å². The minimum atomic E-state index is -0.418. The number of hydrogen-bond donors (Lipinski definition) is 0. The summed E-state index contributed by atoms with van der Waals surface area (Å²) < 4.78 is 19.4. The second kappa shape index (κ2) is 9.14. The lowest BCUT2D eigenvalue weighted by Gasteiger charge is -2.21. The molecule has 0 bridgehead atoms. The highest BCUT2D eigenvalue weighted by atomic mass is 35.5. The first kappa shape index (κ1) is 21.9. The van der Waals surface area contributed by atoms with E-state index in [-0.39, 0.29) is 11.8 Å². The summed E-state index contributed by atoms with van der Waals surface area (Å²) >= 11 is 13.6. The first-order chi connectivity index (χ1) is 16.0. The fourth-order valence-electron chi connectivity index (χ4n) is 3.77. The number of ether oxygens (including phenoxy) is 1. The van der Waals surface area contributed by atoms with E-state index < -0.39 is 5.82 Å². The lowest BCUT2D eigenvalue weighted by atomic mass is 9.98. The maximum atomic E-state index is 14.4. The molecule has 0 spiro atoms. The highest BCUT2D eigenvalue weighted by molar-refractivity contribution is 7.14. The number of thiazole rings is 1. The molecular weight excluding hydrogens is 480 g/mol. The van der Waals surface area contributed by atoms with Gasteiger partial charge in [-0.2, -0.15) is 5.10 Å². The normalized spacial score (nSPS) is 15.6. The molecule has 1 atom stereocenters. The molecule has 4 nitrogen and oxygen atoms in total. The third-order valence-corrected chi connectivity index (χ3v) is 6.81. The highest BCUT2D eigenvalue weighted by Gasteiger charge is 2.32. The van der Waals surface area contributed by atoms with Crippen molar-refractivity contribution < 1.29 is 9.13 Å². The van der Waals surface area contributed by atoms with Crippen LogP contribution in [0.3, 0.4) is 0 Å². The standard InChI is InChI=1S/C25H18Cl2FN3OS/c1-32-24-11-6-17(12-20(24)28)21-13-23(16-4-9-19(27)10-5-16)31(30-21)25-29-22(14-33-25)15-2-7-18(26)8-3-15/h2-12,14,23H,13H2,1H3. The van der Waals surface area contributed by atoms with Crippen LogP contribution in [0.4, 0.5) is 9.52 Å². The Bertz CT molecular complexity index is 1320. The van der Waals surface area contributed by atoms with E-state index in [0.717, 1.165) is 27.7 Å². The Morgan fingerprint density at radius 1 is 0.970 bits per heavy atom. The summed E-state index contributed by atoms with van der Waals surface area (Å²) in [5, 5.41) is 10.9. The van der Waals surface area contributed by atoms with Gasteiger partial charge in [0.25, 0.3) is 0 Å². The van der Waals surface area contributed by atoms with E-state index in [1.165, 1.54) is 24.5 Å². The predicted octanol–water partition coefficient (Wildman–Crippen LogP) is 7.62. The highest BCUT2D eigenvalue weighted by Crippen LogP contribution is 2.40. The van der Waals surface area contributed by atoms with Crippen LogP contribution in [0.25, 0.3) is 11.3 Å². The summed E-state index contributed by atoms with van der Waals surface area (Å²) in [5.41, 5.74) is 4.37. The molecular formula is C25H18Cl2FN3OS. The van der Waals surface area contributed by atoms with Gasteiger partial charge in [0.1, 0.15) is 0 Å². The van der Waals surface area contributed by atoms with Crippen LogP contribution in [0.2, 0.25) is 10.0 Å².